The SMILES string of the molecule is CCc1oc2ccccc2c1CN[C@H](CO)C(C)C. The van der Waals surface area contributed by atoms with Gasteiger partial charge in [0.15, 0.2) is 0 Å². The van der Waals surface area contributed by atoms with Gasteiger partial charge in [0.1, 0.15) is 11.3 Å². The van der Waals surface area contributed by atoms with E-state index in [-0.39, 0.29) is 12.6 Å². The quantitative estimate of drug-likeness (QED) is 0.840. The number of rotatable bonds is 6. The number of furan rings is 1. The summed E-state index contributed by atoms with van der Waals surface area (Å²) >= 11 is 0. The number of hydrogen-bond donors (Lipinski definition) is 2. The van der Waals surface area contributed by atoms with Gasteiger partial charge in [-0.1, -0.05) is 39.0 Å². The Morgan fingerprint density at radius 1 is 1.26 bits per heavy atom. The molecule has 0 saturated carbocycles. The van der Waals surface area contributed by atoms with E-state index in [1.807, 2.05) is 18.2 Å². The molecule has 0 spiro atoms. The fourth-order valence-corrected chi connectivity index (χ4v) is 2.37. The van der Waals surface area contributed by atoms with Gasteiger partial charge >= 0.3 is 0 Å². The predicted molar refractivity (Wildman–Crippen MR) is 78.1 cm³/mol. The van der Waals surface area contributed by atoms with Crippen LogP contribution in [-0.4, -0.2) is 17.8 Å². The summed E-state index contributed by atoms with van der Waals surface area (Å²) < 4.78 is 5.87. The first-order valence-electron chi connectivity index (χ1n) is 7.00. The minimum atomic E-state index is 0.123. The summed E-state index contributed by atoms with van der Waals surface area (Å²) in [6.45, 7) is 7.23. The van der Waals surface area contributed by atoms with Gasteiger partial charge in [-0.2, -0.15) is 0 Å². The number of nitrogens with one attached hydrogen (secondary N) is 1. The van der Waals surface area contributed by atoms with E-state index >= 15 is 0 Å². The second-order valence-electron chi connectivity index (χ2n) is 5.27. The third kappa shape index (κ3) is 2.99. The van der Waals surface area contributed by atoms with E-state index in [9.17, 15) is 5.11 Å². The van der Waals surface area contributed by atoms with Crippen LogP contribution in [0.25, 0.3) is 11.0 Å². The molecule has 0 amide bonds. The highest BCUT2D eigenvalue weighted by Gasteiger charge is 2.16. The monoisotopic (exact) mass is 261 g/mol. The maximum Gasteiger partial charge on any atom is 0.134 e. The smallest absolute Gasteiger partial charge is 0.134 e. The van der Waals surface area contributed by atoms with Crippen LogP contribution in [0.15, 0.2) is 28.7 Å². The largest absolute Gasteiger partial charge is 0.461 e. The van der Waals surface area contributed by atoms with Gasteiger partial charge in [-0.25, -0.2) is 0 Å². The highest BCUT2D eigenvalue weighted by atomic mass is 16.3. The predicted octanol–water partition coefficient (Wildman–Crippen LogP) is 3.10. The van der Waals surface area contributed by atoms with Crippen molar-refractivity contribution in [1.29, 1.82) is 0 Å². The first kappa shape index (κ1) is 14.1. The molecule has 2 rings (SSSR count). The number of benzene rings is 1. The number of aliphatic hydroxyl groups excluding tert-OH is 1. The summed E-state index contributed by atoms with van der Waals surface area (Å²) in [5, 5.41) is 14.0. The van der Waals surface area contributed by atoms with Crippen molar-refractivity contribution < 1.29 is 9.52 Å². The first-order chi connectivity index (χ1) is 9.17. The number of aliphatic hydroxyl groups is 1. The lowest BCUT2D eigenvalue weighted by Crippen LogP contribution is -2.36. The molecule has 19 heavy (non-hydrogen) atoms. The standard InChI is InChI=1S/C16H23NO2/c1-4-15-13(9-17-14(10-18)11(2)3)12-7-5-6-8-16(12)19-15/h5-8,11,14,17-18H,4,9-10H2,1-3H3/t14-/m1/s1. The minimum absolute atomic E-state index is 0.123. The number of aryl methyl sites for hydroxylation is 1. The summed E-state index contributed by atoms with van der Waals surface area (Å²) in [5.74, 6) is 1.45. The molecule has 104 valence electrons. The summed E-state index contributed by atoms with van der Waals surface area (Å²) in [7, 11) is 0. The van der Waals surface area contributed by atoms with Gasteiger partial charge in [0.2, 0.25) is 0 Å². The lowest BCUT2D eigenvalue weighted by atomic mass is 10.0. The lowest BCUT2D eigenvalue weighted by molar-refractivity contribution is 0.210. The van der Waals surface area contributed by atoms with Crippen molar-refractivity contribution in [2.45, 2.75) is 39.8 Å². The van der Waals surface area contributed by atoms with Crippen molar-refractivity contribution in [2.24, 2.45) is 5.92 Å². The molecule has 0 unspecified atom stereocenters. The molecule has 1 heterocycles. The minimum Gasteiger partial charge on any atom is -0.461 e. The van der Waals surface area contributed by atoms with Crippen molar-refractivity contribution >= 4 is 11.0 Å². The maximum atomic E-state index is 9.38. The van der Waals surface area contributed by atoms with Crippen LogP contribution in [0.2, 0.25) is 0 Å². The summed E-state index contributed by atoms with van der Waals surface area (Å²) in [4.78, 5) is 0. The van der Waals surface area contributed by atoms with Crippen LogP contribution in [-0.2, 0) is 13.0 Å². The molecule has 2 aromatic rings. The molecule has 3 heteroatoms. The van der Waals surface area contributed by atoms with Gasteiger partial charge in [0.25, 0.3) is 0 Å². The molecule has 1 atom stereocenters. The van der Waals surface area contributed by atoms with Crippen molar-refractivity contribution in [1.82, 2.24) is 5.32 Å². The van der Waals surface area contributed by atoms with E-state index in [1.165, 1.54) is 10.9 Å². The van der Waals surface area contributed by atoms with Crippen molar-refractivity contribution in [3.05, 3.63) is 35.6 Å². The molecule has 1 aromatic heterocycles. The summed E-state index contributed by atoms with van der Waals surface area (Å²) in [5.41, 5.74) is 2.17. The van der Waals surface area contributed by atoms with Crippen LogP contribution in [0.3, 0.4) is 0 Å². The Labute approximate surface area is 114 Å². The van der Waals surface area contributed by atoms with E-state index in [0.29, 0.717) is 5.92 Å². The maximum absolute atomic E-state index is 9.38. The van der Waals surface area contributed by atoms with E-state index in [0.717, 1.165) is 24.3 Å². The Hall–Kier alpha value is -1.32. The molecule has 0 aliphatic carbocycles. The molecule has 0 bridgehead atoms. The fourth-order valence-electron chi connectivity index (χ4n) is 2.37. The van der Waals surface area contributed by atoms with Gasteiger partial charge < -0.3 is 14.8 Å². The molecular weight excluding hydrogens is 238 g/mol. The highest BCUT2D eigenvalue weighted by molar-refractivity contribution is 5.82. The number of fused-ring (bicyclic) bond motifs is 1. The van der Waals surface area contributed by atoms with Crippen LogP contribution in [0, 0.1) is 5.92 Å². The molecule has 3 nitrogen and oxygen atoms in total. The van der Waals surface area contributed by atoms with Crippen molar-refractivity contribution in [3.63, 3.8) is 0 Å². The molecule has 2 N–H and O–H groups in total. The van der Waals surface area contributed by atoms with E-state index in [2.05, 4.69) is 32.2 Å². The molecule has 0 radical (unpaired) electrons. The number of hydrogen-bond acceptors (Lipinski definition) is 3. The van der Waals surface area contributed by atoms with Crippen molar-refractivity contribution in [3.8, 4) is 0 Å². The molecule has 0 aliphatic heterocycles. The highest BCUT2D eigenvalue weighted by Crippen LogP contribution is 2.26. The zero-order valence-corrected chi connectivity index (χ0v) is 11.9. The Morgan fingerprint density at radius 2 is 2.00 bits per heavy atom. The second kappa shape index (κ2) is 6.22. The van der Waals surface area contributed by atoms with Crippen LogP contribution in [0.1, 0.15) is 32.1 Å². The molecular formula is C16H23NO2. The lowest BCUT2D eigenvalue weighted by Gasteiger charge is -2.19. The zero-order chi connectivity index (χ0) is 13.8. The molecule has 0 fully saturated rings. The third-order valence-corrected chi connectivity index (χ3v) is 3.65. The van der Waals surface area contributed by atoms with Gasteiger partial charge in [-0.15, -0.1) is 0 Å². The van der Waals surface area contributed by atoms with E-state index < -0.39 is 0 Å². The molecule has 0 aliphatic rings. The zero-order valence-electron chi connectivity index (χ0n) is 11.9. The molecule has 1 aromatic carbocycles. The Bertz CT molecular complexity index is 531. The van der Waals surface area contributed by atoms with Crippen molar-refractivity contribution in [2.75, 3.05) is 6.61 Å². The second-order valence-corrected chi connectivity index (χ2v) is 5.27. The Balaban J connectivity index is 2.23. The molecule has 0 saturated heterocycles. The average Bonchev–Trinajstić information content (AvgIpc) is 2.77. The fraction of sp³-hybridized carbons (Fsp3) is 0.500. The third-order valence-electron chi connectivity index (χ3n) is 3.65. The van der Waals surface area contributed by atoms with E-state index in [4.69, 9.17) is 4.42 Å². The van der Waals surface area contributed by atoms with Gasteiger partial charge in [-0.3, -0.25) is 0 Å². The topological polar surface area (TPSA) is 45.4 Å². The van der Waals surface area contributed by atoms with Crippen LogP contribution in [0.4, 0.5) is 0 Å². The van der Waals surface area contributed by atoms with E-state index in [1.54, 1.807) is 0 Å². The van der Waals surface area contributed by atoms with Gasteiger partial charge in [0.05, 0.1) is 6.61 Å². The van der Waals surface area contributed by atoms with Gasteiger partial charge in [-0.05, 0) is 12.0 Å². The first-order valence-corrected chi connectivity index (χ1v) is 7.00. The summed E-state index contributed by atoms with van der Waals surface area (Å²) in [6.07, 6.45) is 0.886. The summed E-state index contributed by atoms with van der Waals surface area (Å²) in [6, 6.07) is 8.25. The van der Waals surface area contributed by atoms with Gasteiger partial charge in [0, 0.05) is 30.0 Å². The Morgan fingerprint density at radius 3 is 2.63 bits per heavy atom. The van der Waals surface area contributed by atoms with Crippen LogP contribution >= 0.6 is 0 Å². The number of para-hydroxylation sites is 1. The normalized spacial score (nSPS) is 13.3. The Kier molecular flexibility index (Phi) is 4.61. The van der Waals surface area contributed by atoms with Crippen LogP contribution in [0.5, 0.6) is 0 Å². The average molecular weight is 261 g/mol. The van der Waals surface area contributed by atoms with Crippen LogP contribution < -0.4 is 5.32 Å².